The molecule has 1 amide bonds. The number of amides is 1. The van der Waals surface area contributed by atoms with Crippen LogP contribution in [0.3, 0.4) is 0 Å². The molecule has 2 aromatic carbocycles. The molecule has 11 nitrogen and oxygen atoms in total. The van der Waals surface area contributed by atoms with Crippen LogP contribution < -0.4 is 10.6 Å². The molecule has 4 aromatic heterocycles. The van der Waals surface area contributed by atoms with Gasteiger partial charge in [0.1, 0.15) is 11.6 Å². The van der Waals surface area contributed by atoms with E-state index in [0.29, 0.717) is 54.8 Å². The van der Waals surface area contributed by atoms with Crippen LogP contribution in [0.5, 0.6) is 0 Å². The quantitative estimate of drug-likeness (QED) is 0.273. The van der Waals surface area contributed by atoms with Gasteiger partial charge in [0.25, 0.3) is 0 Å². The predicted molar refractivity (Wildman–Crippen MR) is 150 cm³/mol. The zero-order valence-corrected chi connectivity index (χ0v) is 21.1. The lowest BCUT2D eigenvalue weighted by atomic mass is 10.1. The number of pyridine rings is 1. The summed E-state index contributed by atoms with van der Waals surface area (Å²) in [4.78, 5) is 40.8. The molecule has 0 unspecified atom stereocenters. The smallest absolute Gasteiger partial charge is 0.232 e. The Kier molecular flexibility index (Phi) is 5.73. The number of fused-ring (bicyclic) bond motifs is 3. The maximum Gasteiger partial charge on any atom is 0.232 e. The van der Waals surface area contributed by atoms with Crippen LogP contribution in [0.4, 0.5) is 17.6 Å². The van der Waals surface area contributed by atoms with Crippen LogP contribution in [0.25, 0.3) is 33.0 Å². The van der Waals surface area contributed by atoms with Gasteiger partial charge in [0.15, 0.2) is 17.0 Å². The second kappa shape index (κ2) is 9.67. The lowest BCUT2D eigenvalue weighted by Crippen LogP contribution is -2.28. The van der Waals surface area contributed by atoms with Gasteiger partial charge in [-0.2, -0.15) is 9.97 Å². The fourth-order valence-electron chi connectivity index (χ4n) is 5.04. The number of imidazole rings is 2. The summed E-state index contributed by atoms with van der Waals surface area (Å²) in [7, 11) is 0. The molecular formula is C28H26N10O. The number of carbonyl (C=O) groups is 1. The minimum absolute atomic E-state index is 0.201. The fraction of sp³-hybridized carbons (Fsp3) is 0.214. The van der Waals surface area contributed by atoms with Crippen molar-refractivity contribution in [3.8, 4) is 0 Å². The van der Waals surface area contributed by atoms with Gasteiger partial charge < -0.3 is 25.1 Å². The van der Waals surface area contributed by atoms with E-state index in [4.69, 9.17) is 9.97 Å². The van der Waals surface area contributed by atoms with E-state index in [0.717, 1.165) is 40.6 Å². The number of benzene rings is 2. The van der Waals surface area contributed by atoms with E-state index in [1.54, 1.807) is 12.5 Å². The Morgan fingerprint density at radius 2 is 1.82 bits per heavy atom. The lowest BCUT2D eigenvalue weighted by molar-refractivity contribution is -0.127. The molecule has 0 radical (unpaired) electrons. The van der Waals surface area contributed by atoms with Crippen LogP contribution in [-0.2, 0) is 17.9 Å². The Balaban J connectivity index is 1.23. The Hall–Kier alpha value is -5.06. The van der Waals surface area contributed by atoms with Crippen molar-refractivity contribution in [1.82, 2.24) is 39.4 Å². The van der Waals surface area contributed by atoms with E-state index < -0.39 is 0 Å². The molecule has 6 aromatic rings. The van der Waals surface area contributed by atoms with Crippen molar-refractivity contribution in [2.75, 3.05) is 23.7 Å². The molecule has 5 heterocycles. The zero-order valence-electron chi connectivity index (χ0n) is 21.1. The molecule has 0 bridgehead atoms. The summed E-state index contributed by atoms with van der Waals surface area (Å²) >= 11 is 0. The highest BCUT2D eigenvalue weighted by molar-refractivity contribution is 5.93. The van der Waals surface area contributed by atoms with Gasteiger partial charge in [0.2, 0.25) is 11.9 Å². The van der Waals surface area contributed by atoms with Gasteiger partial charge in [-0.3, -0.25) is 4.79 Å². The summed E-state index contributed by atoms with van der Waals surface area (Å²) < 4.78 is 1.97. The molecule has 1 aliphatic rings. The molecule has 1 fully saturated rings. The first-order valence-corrected chi connectivity index (χ1v) is 13.0. The number of rotatable bonds is 8. The number of anilines is 3. The summed E-state index contributed by atoms with van der Waals surface area (Å²) in [5.74, 6) is 2.65. The second-order valence-electron chi connectivity index (χ2n) is 9.55. The van der Waals surface area contributed by atoms with Crippen molar-refractivity contribution < 1.29 is 4.79 Å². The van der Waals surface area contributed by atoms with Gasteiger partial charge >= 0.3 is 0 Å². The van der Waals surface area contributed by atoms with Gasteiger partial charge in [-0.25, -0.2) is 15.0 Å². The summed E-state index contributed by atoms with van der Waals surface area (Å²) in [5.41, 5.74) is 3.21. The minimum atomic E-state index is 0.201. The summed E-state index contributed by atoms with van der Waals surface area (Å²) in [6, 6.07) is 17.9. The van der Waals surface area contributed by atoms with Crippen molar-refractivity contribution in [3.63, 3.8) is 0 Å². The monoisotopic (exact) mass is 518 g/mol. The van der Waals surface area contributed by atoms with Crippen molar-refractivity contribution in [2.45, 2.75) is 25.9 Å². The number of aromatic nitrogens is 7. The normalized spacial score (nSPS) is 13.6. The molecule has 0 spiro atoms. The Morgan fingerprint density at radius 3 is 2.72 bits per heavy atom. The minimum Gasteiger partial charge on any atom is -0.361 e. The number of para-hydroxylation sites is 2. The SMILES string of the molecule is O=C1CCCN1CCn1cnc2c(NCc3nc4ccccc4[nH]3)nc(Nc3nccc4ccccc34)nc21. The molecule has 0 atom stereocenters. The number of carbonyl (C=O) groups excluding carboxylic acids is 1. The van der Waals surface area contributed by atoms with Crippen molar-refractivity contribution in [3.05, 3.63) is 72.9 Å². The van der Waals surface area contributed by atoms with Crippen LogP contribution in [0.15, 0.2) is 67.1 Å². The van der Waals surface area contributed by atoms with Gasteiger partial charge in [-0.05, 0) is 30.0 Å². The van der Waals surface area contributed by atoms with Gasteiger partial charge in [0, 0.05) is 37.6 Å². The van der Waals surface area contributed by atoms with Gasteiger partial charge in [0.05, 0.1) is 23.9 Å². The van der Waals surface area contributed by atoms with Crippen LogP contribution in [0.1, 0.15) is 18.7 Å². The largest absolute Gasteiger partial charge is 0.361 e. The molecule has 39 heavy (non-hydrogen) atoms. The molecule has 1 aliphatic heterocycles. The van der Waals surface area contributed by atoms with E-state index in [-0.39, 0.29) is 5.91 Å². The van der Waals surface area contributed by atoms with E-state index in [1.165, 1.54) is 0 Å². The number of nitrogens with zero attached hydrogens (tertiary/aromatic N) is 7. The first-order valence-electron chi connectivity index (χ1n) is 13.0. The van der Waals surface area contributed by atoms with Crippen LogP contribution in [-0.4, -0.2) is 58.4 Å². The maximum absolute atomic E-state index is 12.1. The molecule has 3 N–H and O–H groups in total. The first kappa shape index (κ1) is 23.1. The molecule has 0 saturated carbocycles. The van der Waals surface area contributed by atoms with Crippen molar-refractivity contribution >= 4 is 56.5 Å². The van der Waals surface area contributed by atoms with Crippen molar-refractivity contribution in [2.24, 2.45) is 0 Å². The first-order chi connectivity index (χ1) is 19.2. The highest BCUT2D eigenvalue weighted by Gasteiger charge is 2.21. The summed E-state index contributed by atoms with van der Waals surface area (Å²) in [5, 5.41) is 8.76. The third kappa shape index (κ3) is 4.48. The number of likely N-dealkylation sites (tertiary alicyclic amines) is 1. The van der Waals surface area contributed by atoms with Crippen LogP contribution in [0, 0.1) is 0 Å². The third-order valence-electron chi connectivity index (χ3n) is 7.01. The van der Waals surface area contributed by atoms with Gasteiger partial charge in [-0.1, -0.05) is 36.4 Å². The van der Waals surface area contributed by atoms with Crippen LogP contribution in [0.2, 0.25) is 0 Å². The van der Waals surface area contributed by atoms with Crippen molar-refractivity contribution in [1.29, 1.82) is 0 Å². The average Bonchev–Trinajstić information content (AvgIpc) is 3.69. The van der Waals surface area contributed by atoms with Gasteiger partial charge in [-0.15, -0.1) is 0 Å². The number of aromatic amines is 1. The standard InChI is InChI=1S/C28H26N10O/c39-23-10-5-13-37(23)14-15-38-17-31-24-26(30-16-22-32-20-8-3-4-9-21(20)33-22)35-28(36-27(24)38)34-25-19-7-2-1-6-18(19)11-12-29-25/h1-4,6-9,11-12,17H,5,10,13-16H2,(H,32,33)(H2,29,30,34,35,36). The second-order valence-corrected chi connectivity index (χ2v) is 9.55. The Bertz CT molecular complexity index is 1790. The Morgan fingerprint density at radius 1 is 0.923 bits per heavy atom. The molecule has 0 aliphatic carbocycles. The highest BCUT2D eigenvalue weighted by Crippen LogP contribution is 2.26. The van der Waals surface area contributed by atoms with E-state index in [2.05, 4.69) is 30.6 Å². The zero-order chi connectivity index (χ0) is 26.2. The number of hydrogen-bond acceptors (Lipinski definition) is 8. The molecular weight excluding hydrogens is 492 g/mol. The lowest BCUT2D eigenvalue weighted by Gasteiger charge is -2.16. The number of H-pyrrole nitrogens is 1. The molecule has 11 heteroatoms. The summed E-state index contributed by atoms with van der Waals surface area (Å²) in [6.45, 7) is 2.43. The number of hydrogen-bond donors (Lipinski definition) is 3. The molecule has 7 rings (SSSR count). The third-order valence-corrected chi connectivity index (χ3v) is 7.01. The van der Waals surface area contributed by atoms with E-state index in [9.17, 15) is 4.79 Å². The predicted octanol–water partition coefficient (Wildman–Crippen LogP) is 4.23. The molecule has 1 saturated heterocycles. The van der Waals surface area contributed by atoms with E-state index in [1.807, 2.05) is 64.1 Å². The summed E-state index contributed by atoms with van der Waals surface area (Å²) in [6.07, 6.45) is 5.05. The fourth-order valence-corrected chi connectivity index (χ4v) is 5.04. The molecule has 194 valence electrons. The van der Waals surface area contributed by atoms with E-state index >= 15 is 0 Å². The number of nitrogens with one attached hydrogen (secondary N) is 3. The maximum atomic E-state index is 12.1. The Labute approximate surface area is 223 Å². The topological polar surface area (TPSA) is 130 Å². The van der Waals surface area contributed by atoms with Crippen LogP contribution >= 0.6 is 0 Å². The highest BCUT2D eigenvalue weighted by atomic mass is 16.2. The average molecular weight is 519 g/mol.